The molecule has 7 heteroatoms. The molecule has 0 aliphatic carbocycles. The van der Waals surface area contributed by atoms with Crippen LogP contribution in [0.3, 0.4) is 0 Å². The number of anilines is 1. The molecule has 3 N–H and O–H groups in total. The van der Waals surface area contributed by atoms with Crippen LogP contribution in [0.25, 0.3) is 0 Å². The minimum atomic E-state index is -0.272. The zero-order valence-electron chi connectivity index (χ0n) is 17.4. The summed E-state index contributed by atoms with van der Waals surface area (Å²) in [5.74, 6) is 0.727. The molecule has 0 aliphatic rings. The number of halogens is 1. The molecule has 0 saturated carbocycles. The Morgan fingerprint density at radius 2 is 1.80 bits per heavy atom. The van der Waals surface area contributed by atoms with E-state index in [4.69, 9.17) is 4.42 Å². The molecule has 3 aromatic rings. The maximum Gasteiger partial charge on any atom is 0.291 e. The number of aryl methyl sites for hydroxylation is 2. The minimum absolute atomic E-state index is 0. The van der Waals surface area contributed by atoms with Gasteiger partial charge in [-0.1, -0.05) is 35.9 Å². The molecule has 158 valence electrons. The predicted molar refractivity (Wildman–Crippen MR) is 131 cm³/mol. The number of nitrogens with zero attached hydrogens (tertiary/aromatic N) is 1. The lowest BCUT2D eigenvalue weighted by molar-refractivity contribution is 0.0996. The van der Waals surface area contributed by atoms with Gasteiger partial charge in [-0.05, 0) is 54.8 Å². The molecule has 1 heterocycles. The van der Waals surface area contributed by atoms with Crippen LogP contribution in [0, 0.1) is 13.8 Å². The van der Waals surface area contributed by atoms with E-state index in [-0.39, 0.29) is 35.6 Å². The summed E-state index contributed by atoms with van der Waals surface area (Å²) in [5.41, 5.74) is 5.49. The lowest BCUT2D eigenvalue weighted by Gasteiger charge is -2.14. The first-order chi connectivity index (χ1) is 14.0. The van der Waals surface area contributed by atoms with Crippen molar-refractivity contribution in [3.05, 3.63) is 88.9 Å². The number of nitrogens with one attached hydrogen (secondary N) is 3. The van der Waals surface area contributed by atoms with Crippen molar-refractivity contribution in [1.82, 2.24) is 10.6 Å². The van der Waals surface area contributed by atoms with E-state index in [1.807, 2.05) is 24.3 Å². The summed E-state index contributed by atoms with van der Waals surface area (Å²) in [6, 6.07) is 17.4. The Labute approximate surface area is 194 Å². The van der Waals surface area contributed by atoms with Crippen molar-refractivity contribution < 1.29 is 9.21 Å². The molecule has 0 saturated heterocycles. The SMILES string of the molecule is CN=C(NCc1cccc(NC(=O)c2ccco2)c1)NCc1ccc(C)cc1C.I. The number of carbonyl (C=O) groups is 1. The Bertz CT molecular complexity index is 1000. The van der Waals surface area contributed by atoms with Crippen LogP contribution in [0.1, 0.15) is 32.8 Å². The van der Waals surface area contributed by atoms with Crippen molar-refractivity contribution in [3.8, 4) is 0 Å². The number of amides is 1. The smallest absolute Gasteiger partial charge is 0.291 e. The highest BCUT2D eigenvalue weighted by Crippen LogP contribution is 2.13. The molecule has 1 amide bonds. The largest absolute Gasteiger partial charge is 0.459 e. The van der Waals surface area contributed by atoms with Gasteiger partial charge in [-0.15, -0.1) is 24.0 Å². The van der Waals surface area contributed by atoms with Crippen LogP contribution in [0.5, 0.6) is 0 Å². The Balaban J connectivity index is 0.00000320. The Kier molecular flexibility index (Phi) is 8.91. The van der Waals surface area contributed by atoms with Crippen molar-refractivity contribution in [3.63, 3.8) is 0 Å². The maximum absolute atomic E-state index is 12.1. The van der Waals surface area contributed by atoms with Gasteiger partial charge in [-0.2, -0.15) is 0 Å². The zero-order chi connectivity index (χ0) is 20.6. The normalized spacial score (nSPS) is 10.8. The van der Waals surface area contributed by atoms with Gasteiger partial charge in [0.15, 0.2) is 11.7 Å². The predicted octanol–water partition coefficient (Wildman–Crippen LogP) is 4.63. The highest BCUT2D eigenvalue weighted by atomic mass is 127. The fourth-order valence-electron chi connectivity index (χ4n) is 2.99. The molecule has 2 aromatic carbocycles. The summed E-state index contributed by atoms with van der Waals surface area (Å²) in [7, 11) is 1.75. The van der Waals surface area contributed by atoms with E-state index in [0.29, 0.717) is 18.8 Å². The molecule has 0 fully saturated rings. The van der Waals surface area contributed by atoms with Crippen molar-refractivity contribution in [2.45, 2.75) is 26.9 Å². The number of benzene rings is 2. The first-order valence-corrected chi connectivity index (χ1v) is 9.49. The third kappa shape index (κ3) is 6.62. The van der Waals surface area contributed by atoms with Gasteiger partial charge < -0.3 is 20.4 Å². The second-order valence-electron chi connectivity index (χ2n) is 6.84. The molecule has 0 unspecified atom stereocenters. The van der Waals surface area contributed by atoms with E-state index in [0.717, 1.165) is 11.5 Å². The van der Waals surface area contributed by atoms with Crippen LogP contribution in [-0.4, -0.2) is 18.9 Å². The summed E-state index contributed by atoms with van der Waals surface area (Å²) >= 11 is 0. The van der Waals surface area contributed by atoms with Gasteiger partial charge in [0.05, 0.1) is 6.26 Å². The topological polar surface area (TPSA) is 78.7 Å². The van der Waals surface area contributed by atoms with Crippen LogP contribution in [-0.2, 0) is 13.1 Å². The number of guanidine groups is 1. The molecule has 0 bridgehead atoms. The van der Waals surface area contributed by atoms with E-state index >= 15 is 0 Å². The van der Waals surface area contributed by atoms with Crippen molar-refractivity contribution in [2.24, 2.45) is 4.99 Å². The fourth-order valence-corrected chi connectivity index (χ4v) is 2.99. The summed E-state index contributed by atoms with van der Waals surface area (Å²) in [5, 5.41) is 9.48. The Hall–Kier alpha value is -2.81. The average Bonchev–Trinajstić information content (AvgIpc) is 3.25. The third-order valence-corrected chi connectivity index (χ3v) is 4.56. The number of carbonyl (C=O) groups excluding carboxylic acids is 1. The molecule has 0 radical (unpaired) electrons. The van der Waals surface area contributed by atoms with Gasteiger partial charge >= 0.3 is 0 Å². The second kappa shape index (κ2) is 11.4. The van der Waals surface area contributed by atoms with E-state index in [1.165, 1.54) is 23.0 Å². The minimum Gasteiger partial charge on any atom is -0.459 e. The molecule has 0 aliphatic heterocycles. The number of furan rings is 1. The first kappa shape index (κ1) is 23.5. The third-order valence-electron chi connectivity index (χ3n) is 4.56. The molecule has 0 spiro atoms. The molecule has 0 atom stereocenters. The molecular weight excluding hydrogens is 491 g/mol. The number of rotatable bonds is 6. The van der Waals surface area contributed by atoms with Crippen LogP contribution in [0.2, 0.25) is 0 Å². The van der Waals surface area contributed by atoms with Gasteiger partial charge in [0, 0.05) is 25.8 Å². The molecule has 3 rings (SSSR count). The van der Waals surface area contributed by atoms with Gasteiger partial charge in [-0.3, -0.25) is 9.79 Å². The summed E-state index contributed by atoms with van der Waals surface area (Å²) in [4.78, 5) is 16.4. The first-order valence-electron chi connectivity index (χ1n) is 9.49. The number of aliphatic imine (C=N–C) groups is 1. The van der Waals surface area contributed by atoms with Crippen LogP contribution >= 0.6 is 24.0 Å². The molecule has 6 nitrogen and oxygen atoms in total. The second-order valence-corrected chi connectivity index (χ2v) is 6.84. The lowest BCUT2D eigenvalue weighted by Crippen LogP contribution is -2.36. The van der Waals surface area contributed by atoms with Crippen molar-refractivity contribution >= 4 is 41.5 Å². The van der Waals surface area contributed by atoms with E-state index < -0.39 is 0 Å². The van der Waals surface area contributed by atoms with Gasteiger partial charge in [0.2, 0.25) is 0 Å². The monoisotopic (exact) mass is 518 g/mol. The summed E-state index contributed by atoms with van der Waals surface area (Å²) in [6.45, 7) is 5.49. The Morgan fingerprint density at radius 1 is 1.00 bits per heavy atom. The average molecular weight is 518 g/mol. The Morgan fingerprint density at radius 3 is 2.50 bits per heavy atom. The van der Waals surface area contributed by atoms with E-state index in [2.05, 4.69) is 53.0 Å². The van der Waals surface area contributed by atoms with Crippen LogP contribution < -0.4 is 16.0 Å². The van der Waals surface area contributed by atoms with Crippen LogP contribution in [0.4, 0.5) is 5.69 Å². The van der Waals surface area contributed by atoms with Gasteiger partial charge in [0.25, 0.3) is 5.91 Å². The highest BCUT2D eigenvalue weighted by Gasteiger charge is 2.09. The quantitative estimate of drug-likeness (QED) is 0.253. The molecule has 1 aromatic heterocycles. The van der Waals surface area contributed by atoms with Gasteiger partial charge in [-0.25, -0.2) is 0 Å². The number of hydrogen-bond acceptors (Lipinski definition) is 3. The summed E-state index contributed by atoms with van der Waals surface area (Å²) < 4.78 is 5.12. The molecule has 30 heavy (non-hydrogen) atoms. The van der Waals surface area contributed by atoms with E-state index in [9.17, 15) is 4.79 Å². The van der Waals surface area contributed by atoms with Crippen molar-refractivity contribution in [1.29, 1.82) is 0 Å². The molecular formula is C23H27IN4O2. The maximum atomic E-state index is 12.1. The van der Waals surface area contributed by atoms with E-state index in [1.54, 1.807) is 19.2 Å². The fraction of sp³-hybridized carbons (Fsp3) is 0.217. The summed E-state index contributed by atoms with van der Waals surface area (Å²) in [6.07, 6.45) is 1.48. The highest BCUT2D eigenvalue weighted by molar-refractivity contribution is 14.0. The standard InChI is InChI=1S/C23H26N4O2.HI/c1-16-9-10-19(17(2)12-16)15-26-23(24-3)25-14-18-6-4-7-20(13-18)27-22(28)21-8-5-11-29-21;/h4-13H,14-15H2,1-3H3,(H,27,28)(H2,24,25,26);1H. The zero-order valence-corrected chi connectivity index (χ0v) is 19.7. The number of hydrogen-bond donors (Lipinski definition) is 3. The lowest BCUT2D eigenvalue weighted by atomic mass is 10.1. The van der Waals surface area contributed by atoms with Crippen LogP contribution in [0.15, 0.2) is 70.3 Å². The van der Waals surface area contributed by atoms with Gasteiger partial charge in [0.1, 0.15) is 0 Å². The van der Waals surface area contributed by atoms with Crippen molar-refractivity contribution in [2.75, 3.05) is 12.4 Å².